The first-order chi connectivity index (χ1) is 11.3. The van der Waals surface area contributed by atoms with Crippen molar-refractivity contribution in [2.45, 2.75) is 38.5 Å². The van der Waals surface area contributed by atoms with Crippen LogP contribution in [-0.2, 0) is 0 Å². The first kappa shape index (κ1) is 14.9. The Morgan fingerprint density at radius 3 is 2.61 bits per heavy atom. The molecule has 0 unspecified atom stereocenters. The molecule has 1 aliphatic carbocycles. The van der Waals surface area contributed by atoms with Crippen LogP contribution in [0.15, 0.2) is 18.2 Å². The minimum Gasteiger partial charge on any atom is -0.490 e. The lowest BCUT2D eigenvalue weighted by Crippen LogP contribution is -2.44. The molecule has 1 saturated heterocycles. The number of nitrogens with zero attached hydrogens (tertiary/aromatic N) is 1. The van der Waals surface area contributed by atoms with Crippen molar-refractivity contribution < 1.29 is 14.3 Å². The standard InChI is InChI=1S/C19H25NO3/c21-19(20-9-8-14-4-1-2-5-16(14)13-20)15-6-7-17-18(12-15)23-11-3-10-22-17/h6-7,12,14,16H,1-5,8-11,13H2/t14-,16+/m0/s1. The van der Waals surface area contributed by atoms with Gasteiger partial charge in [-0.05, 0) is 42.9 Å². The van der Waals surface area contributed by atoms with Gasteiger partial charge in [-0.3, -0.25) is 4.79 Å². The molecule has 1 aromatic rings. The van der Waals surface area contributed by atoms with E-state index in [9.17, 15) is 4.79 Å². The second kappa shape index (κ2) is 6.42. The van der Waals surface area contributed by atoms with Gasteiger partial charge in [0.1, 0.15) is 0 Å². The van der Waals surface area contributed by atoms with Crippen molar-refractivity contribution in [3.63, 3.8) is 0 Å². The lowest BCUT2D eigenvalue weighted by molar-refractivity contribution is 0.0520. The van der Waals surface area contributed by atoms with Crippen LogP contribution in [0.1, 0.15) is 48.9 Å². The number of hydrogen-bond acceptors (Lipinski definition) is 3. The van der Waals surface area contributed by atoms with E-state index in [4.69, 9.17) is 9.47 Å². The highest BCUT2D eigenvalue weighted by atomic mass is 16.5. The second-order valence-corrected chi connectivity index (χ2v) is 7.06. The molecule has 0 N–H and O–H groups in total. The summed E-state index contributed by atoms with van der Waals surface area (Å²) in [6, 6.07) is 5.61. The van der Waals surface area contributed by atoms with Crippen LogP contribution in [0.3, 0.4) is 0 Å². The zero-order valence-corrected chi connectivity index (χ0v) is 13.6. The molecule has 4 rings (SSSR count). The van der Waals surface area contributed by atoms with Crippen molar-refractivity contribution in [1.29, 1.82) is 0 Å². The summed E-state index contributed by atoms with van der Waals surface area (Å²) >= 11 is 0. The summed E-state index contributed by atoms with van der Waals surface area (Å²) in [4.78, 5) is 14.9. The molecule has 4 heteroatoms. The Kier molecular flexibility index (Phi) is 4.15. The predicted molar refractivity (Wildman–Crippen MR) is 88.0 cm³/mol. The summed E-state index contributed by atoms with van der Waals surface area (Å²) in [5.41, 5.74) is 0.725. The van der Waals surface area contributed by atoms with Crippen LogP contribution in [0.5, 0.6) is 11.5 Å². The number of ether oxygens (including phenoxy) is 2. The molecule has 0 bridgehead atoms. The molecule has 2 fully saturated rings. The van der Waals surface area contributed by atoms with E-state index >= 15 is 0 Å². The molecule has 1 amide bonds. The Balaban J connectivity index is 1.49. The number of hydrogen-bond donors (Lipinski definition) is 0. The van der Waals surface area contributed by atoms with Crippen LogP contribution in [0.4, 0.5) is 0 Å². The molecule has 23 heavy (non-hydrogen) atoms. The minimum atomic E-state index is 0.143. The second-order valence-electron chi connectivity index (χ2n) is 7.06. The van der Waals surface area contributed by atoms with E-state index in [1.165, 1.54) is 32.1 Å². The van der Waals surface area contributed by atoms with Crippen LogP contribution >= 0.6 is 0 Å². The van der Waals surface area contributed by atoms with Gasteiger partial charge in [0.05, 0.1) is 13.2 Å². The number of rotatable bonds is 1. The summed E-state index contributed by atoms with van der Waals surface area (Å²) in [5.74, 6) is 3.16. The fourth-order valence-corrected chi connectivity index (χ4v) is 4.26. The highest BCUT2D eigenvalue weighted by Crippen LogP contribution is 2.37. The van der Waals surface area contributed by atoms with E-state index < -0.39 is 0 Å². The molecule has 0 radical (unpaired) electrons. The van der Waals surface area contributed by atoms with Crippen LogP contribution < -0.4 is 9.47 Å². The fraction of sp³-hybridized carbons (Fsp3) is 0.632. The molecule has 2 heterocycles. The first-order valence-electron chi connectivity index (χ1n) is 9.00. The molecular weight excluding hydrogens is 290 g/mol. The Hall–Kier alpha value is -1.71. The molecule has 2 aliphatic heterocycles. The van der Waals surface area contributed by atoms with Gasteiger partial charge in [-0.15, -0.1) is 0 Å². The average molecular weight is 315 g/mol. The molecule has 0 aromatic heterocycles. The van der Waals surface area contributed by atoms with Crippen molar-refractivity contribution in [3.8, 4) is 11.5 Å². The highest BCUT2D eigenvalue weighted by molar-refractivity contribution is 5.95. The Morgan fingerprint density at radius 2 is 1.74 bits per heavy atom. The maximum absolute atomic E-state index is 12.9. The van der Waals surface area contributed by atoms with Gasteiger partial charge in [-0.1, -0.05) is 19.3 Å². The van der Waals surface area contributed by atoms with E-state index in [2.05, 4.69) is 0 Å². The van der Waals surface area contributed by atoms with Crippen LogP contribution in [0.2, 0.25) is 0 Å². The van der Waals surface area contributed by atoms with Gasteiger partial charge >= 0.3 is 0 Å². The Morgan fingerprint density at radius 1 is 0.957 bits per heavy atom. The topological polar surface area (TPSA) is 38.8 Å². The number of piperidine rings is 1. The maximum Gasteiger partial charge on any atom is 0.254 e. The maximum atomic E-state index is 12.9. The van der Waals surface area contributed by atoms with Crippen molar-refractivity contribution in [2.75, 3.05) is 26.3 Å². The van der Waals surface area contributed by atoms with E-state index in [1.54, 1.807) is 0 Å². The predicted octanol–water partition coefficient (Wildman–Crippen LogP) is 3.50. The molecule has 1 saturated carbocycles. The number of carbonyl (C=O) groups is 1. The number of fused-ring (bicyclic) bond motifs is 2. The fourth-order valence-electron chi connectivity index (χ4n) is 4.26. The van der Waals surface area contributed by atoms with E-state index in [-0.39, 0.29) is 5.91 Å². The number of carbonyl (C=O) groups excluding carboxylic acids is 1. The molecule has 1 aromatic carbocycles. The number of amides is 1. The van der Waals surface area contributed by atoms with Gasteiger partial charge in [-0.2, -0.15) is 0 Å². The number of likely N-dealkylation sites (tertiary alicyclic amines) is 1. The largest absolute Gasteiger partial charge is 0.490 e. The molecule has 124 valence electrons. The molecule has 0 spiro atoms. The smallest absolute Gasteiger partial charge is 0.254 e. The third-order valence-electron chi connectivity index (χ3n) is 5.57. The molecule has 2 atom stereocenters. The SMILES string of the molecule is O=C(c1ccc2c(c1)OCCCO2)N1CC[C@@H]2CCCC[C@@H]2C1. The van der Waals surface area contributed by atoms with Crippen molar-refractivity contribution in [3.05, 3.63) is 23.8 Å². The summed E-state index contributed by atoms with van der Waals surface area (Å²) in [6.07, 6.45) is 7.39. The van der Waals surface area contributed by atoms with Gasteiger partial charge in [0.15, 0.2) is 11.5 Å². The Bertz CT molecular complexity index is 586. The minimum absolute atomic E-state index is 0.143. The van der Waals surface area contributed by atoms with Crippen LogP contribution in [-0.4, -0.2) is 37.1 Å². The van der Waals surface area contributed by atoms with Gasteiger partial charge in [-0.25, -0.2) is 0 Å². The quantitative estimate of drug-likeness (QED) is 0.796. The lowest BCUT2D eigenvalue weighted by Gasteiger charge is -2.41. The van der Waals surface area contributed by atoms with Crippen molar-refractivity contribution >= 4 is 5.91 Å². The summed E-state index contributed by atoms with van der Waals surface area (Å²) < 4.78 is 11.4. The summed E-state index contributed by atoms with van der Waals surface area (Å²) in [5, 5.41) is 0. The normalized spacial score (nSPS) is 27.0. The van der Waals surface area contributed by atoms with Crippen LogP contribution in [0.25, 0.3) is 0 Å². The van der Waals surface area contributed by atoms with Gasteiger partial charge in [0, 0.05) is 25.1 Å². The van der Waals surface area contributed by atoms with Crippen molar-refractivity contribution in [1.82, 2.24) is 4.90 Å². The average Bonchev–Trinajstić information content (AvgIpc) is 2.85. The number of benzene rings is 1. The van der Waals surface area contributed by atoms with Crippen LogP contribution in [0, 0.1) is 11.8 Å². The van der Waals surface area contributed by atoms with E-state index in [0.717, 1.165) is 36.7 Å². The highest BCUT2D eigenvalue weighted by Gasteiger charge is 2.33. The Labute approximate surface area is 137 Å². The summed E-state index contributed by atoms with van der Waals surface area (Å²) in [7, 11) is 0. The summed E-state index contributed by atoms with van der Waals surface area (Å²) in [6.45, 7) is 3.15. The molecule has 3 aliphatic rings. The molecular formula is C19H25NO3. The lowest BCUT2D eigenvalue weighted by atomic mass is 9.75. The zero-order chi connectivity index (χ0) is 15.6. The van der Waals surface area contributed by atoms with Gasteiger partial charge in [0.2, 0.25) is 0 Å². The van der Waals surface area contributed by atoms with Gasteiger partial charge < -0.3 is 14.4 Å². The van der Waals surface area contributed by atoms with Crippen molar-refractivity contribution in [2.24, 2.45) is 11.8 Å². The third-order valence-corrected chi connectivity index (χ3v) is 5.57. The zero-order valence-electron chi connectivity index (χ0n) is 13.6. The first-order valence-corrected chi connectivity index (χ1v) is 9.00. The van der Waals surface area contributed by atoms with E-state index in [0.29, 0.717) is 24.9 Å². The monoisotopic (exact) mass is 315 g/mol. The van der Waals surface area contributed by atoms with E-state index in [1.807, 2.05) is 23.1 Å². The molecule has 4 nitrogen and oxygen atoms in total. The van der Waals surface area contributed by atoms with Gasteiger partial charge in [0.25, 0.3) is 5.91 Å². The third kappa shape index (κ3) is 3.04.